The largest absolute Gasteiger partial charge is 0.215 e. The number of rotatable bonds is 3. The highest BCUT2D eigenvalue weighted by molar-refractivity contribution is 7.90. The monoisotopic (exact) mass is 176 g/mol. The zero-order valence-corrected chi connectivity index (χ0v) is 7.64. The van der Waals surface area contributed by atoms with Crippen LogP contribution < -0.4 is 4.72 Å². The second-order valence-corrected chi connectivity index (χ2v) is 4.83. The molecule has 0 unspecified atom stereocenters. The van der Waals surface area contributed by atoms with Crippen molar-refractivity contribution in [2.24, 2.45) is 0 Å². The lowest BCUT2D eigenvalue weighted by atomic mass is 10.4. The number of nitrogens with one attached hydrogen (secondary N) is 1. The van der Waals surface area contributed by atoms with Crippen LogP contribution in [0.15, 0.2) is 0 Å². The highest BCUT2D eigenvalue weighted by Gasteiger charge is 2.17. The standard InChI is InChI=1S/C6H12N2O2S/c1-5(2)11(9,10)8-6(3)4-7/h5-6,8H,1-3H3/t6-/m0/s1. The van der Waals surface area contributed by atoms with Gasteiger partial charge in [-0.25, -0.2) is 8.42 Å². The van der Waals surface area contributed by atoms with Crippen molar-refractivity contribution in [3.8, 4) is 6.07 Å². The van der Waals surface area contributed by atoms with Gasteiger partial charge in [0.15, 0.2) is 0 Å². The van der Waals surface area contributed by atoms with E-state index in [4.69, 9.17) is 5.26 Å². The van der Waals surface area contributed by atoms with E-state index in [9.17, 15) is 8.42 Å². The molecule has 5 heteroatoms. The molecule has 0 aromatic rings. The van der Waals surface area contributed by atoms with Crippen molar-refractivity contribution in [1.82, 2.24) is 4.72 Å². The second kappa shape index (κ2) is 3.69. The molecule has 0 aliphatic heterocycles. The molecule has 0 saturated carbocycles. The third-order valence-corrected chi connectivity index (χ3v) is 3.08. The number of sulfonamides is 1. The van der Waals surface area contributed by atoms with E-state index < -0.39 is 21.3 Å². The van der Waals surface area contributed by atoms with Crippen LogP contribution in [-0.2, 0) is 10.0 Å². The topological polar surface area (TPSA) is 70.0 Å². The Morgan fingerprint density at radius 1 is 1.36 bits per heavy atom. The van der Waals surface area contributed by atoms with E-state index in [2.05, 4.69) is 4.72 Å². The molecule has 64 valence electrons. The maximum Gasteiger partial charge on any atom is 0.215 e. The van der Waals surface area contributed by atoms with Gasteiger partial charge in [0, 0.05) is 0 Å². The van der Waals surface area contributed by atoms with Gasteiger partial charge >= 0.3 is 0 Å². The summed E-state index contributed by atoms with van der Waals surface area (Å²) < 4.78 is 24.3. The van der Waals surface area contributed by atoms with E-state index in [1.165, 1.54) is 6.92 Å². The van der Waals surface area contributed by atoms with Crippen LogP contribution in [0, 0.1) is 11.3 Å². The first-order valence-corrected chi connectivity index (χ1v) is 4.85. The van der Waals surface area contributed by atoms with Crippen LogP contribution in [0.5, 0.6) is 0 Å². The van der Waals surface area contributed by atoms with Crippen molar-refractivity contribution in [3.63, 3.8) is 0 Å². The fraction of sp³-hybridized carbons (Fsp3) is 0.833. The van der Waals surface area contributed by atoms with E-state index in [-0.39, 0.29) is 0 Å². The Balaban J connectivity index is 4.29. The first kappa shape index (κ1) is 10.4. The lowest BCUT2D eigenvalue weighted by Gasteiger charge is -2.09. The van der Waals surface area contributed by atoms with E-state index in [1.54, 1.807) is 19.9 Å². The predicted octanol–water partition coefficient (Wildman–Crippen LogP) is 0.226. The molecule has 1 atom stereocenters. The number of nitriles is 1. The van der Waals surface area contributed by atoms with Crippen LogP contribution >= 0.6 is 0 Å². The summed E-state index contributed by atoms with van der Waals surface area (Å²) >= 11 is 0. The Bertz CT molecular complexity index is 250. The molecule has 0 saturated heterocycles. The zero-order chi connectivity index (χ0) is 9.07. The highest BCUT2D eigenvalue weighted by atomic mass is 32.2. The van der Waals surface area contributed by atoms with Gasteiger partial charge in [0.25, 0.3) is 0 Å². The summed E-state index contributed by atoms with van der Waals surface area (Å²) in [5, 5.41) is 7.82. The van der Waals surface area contributed by atoms with Crippen LogP contribution in [0.3, 0.4) is 0 Å². The molecular formula is C6H12N2O2S. The maximum atomic E-state index is 11.0. The van der Waals surface area contributed by atoms with Gasteiger partial charge in [-0.2, -0.15) is 9.98 Å². The van der Waals surface area contributed by atoms with Crippen LogP contribution in [0.4, 0.5) is 0 Å². The molecule has 11 heavy (non-hydrogen) atoms. The van der Waals surface area contributed by atoms with Crippen molar-refractivity contribution in [3.05, 3.63) is 0 Å². The molecule has 0 radical (unpaired) electrons. The van der Waals surface area contributed by atoms with Gasteiger partial charge in [-0.3, -0.25) is 0 Å². The van der Waals surface area contributed by atoms with Crippen molar-refractivity contribution < 1.29 is 8.42 Å². The molecule has 0 heterocycles. The second-order valence-electron chi connectivity index (χ2n) is 2.56. The van der Waals surface area contributed by atoms with Crippen LogP contribution in [0.1, 0.15) is 20.8 Å². The summed E-state index contributed by atoms with van der Waals surface area (Å²) in [7, 11) is -3.28. The minimum atomic E-state index is -3.28. The molecule has 0 bridgehead atoms. The van der Waals surface area contributed by atoms with Gasteiger partial charge in [0.1, 0.15) is 6.04 Å². The van der Waals surface area contributed by atoms with E-state index >= 15 is 0 Å². The predicted molar refractivity (Wildman–Crippen MR) is 42.3 cm³/mol. The maximum absolute atomic E-state index is 11.0. The summed E-state index contributed by atoms with van der Waals surface area (Å²) in [6.07, 6.45) is 0. The Kier molecular flexibility index (Phi) is 3.49. The first-order chi connectivity index (χ1) is 4.90. The molecule has 0 aliphatic rings. The summed E-state index contributed by atoms with van der Waals surface area (Å²) in [4.78, 5) is 0. The Labute approximate surface area is 67.3 Å². The van der Waals surface area contributed by atoms with E-state index in [0.717, 1.165) is 0 Å². The van der Waals surface area contributed by atoms with Crippen molar-refractivity contribution in [2.75, 3.05) is 0 Å². The fourth-order valence-electron chi connectivity index (χ4n) is 0.409. The van der Waals surface area contributed by atoms with Gasteiger partial charge in [-0.05, 0) is 20.8 Å². The first-order valence-electron chi connectivity index (χ1n) is 3.31. The molecule has 4 nitrogen and oxygen atoms in total. The Hall–Kier alpha value is -0.600. The number of nitrogens with zero attached hydrogens (tertiary/aromatic N) is 1. The Morgan fingerprint density at radius 3 is 2.09 bits per heavy atom. The number of hydrogen-bond donors (Lipinski definition) is 1. The minimum Gasteiger partial charge on any atom is -0.212 e. The zero-order valence-electron chi connectivity index (χ0n) is 6.83. The van der Waals surface area contributed by atoms with Crippen molar-refractivity contribution >= 4 is 10.0 Å². The third kappa shape index (κ3) is 3.35. The summed E-state index contributed by atoms with van der Waals surface area (Å²) in [6, 6.07) is 1.14. The van der Waals surface area contributed by atoms with Crippen molar-refractivity contribution in [2.45, 2.75) is 32.1 Å². The van der Waals surface area contributed by atoms with Crippen LogP contribution in [-0.4, -0.2) is 19.7 Å². The smallest absolute Gasteiger partial charge is 0.212 e. The molecule has 0 amide bonds. The lowest BCUT2D eigenvalue weighted by molar-refractivity contribution is 0.568. The van der Waals surface area contributed by atoms with Gasteiger partial charge in [0.2, 0.25) is 10.0 Å². The van der Waals surface area contributed by atoms with Crippen LogP contribution in [0.25, 0.3) is 0 Å². The van der Waals surface area contributed by atoms with E-state index in [0.29, 0.717) is 0 Å². The summed E-state index contributed by atoms with van der Waals surface area (Å²) in [5.41, 5.74) is 0. The molecular weight excluding hydrogens is 164 g/mol. The molecule has 0 spiro atoms. The normalized spacial score (nSPS) is 14.5. The quantitative estimate of drug-likeness (QED) is 0.669. The third-order valence-electron chi connectivity index (χ3n) is 1.16. The number of hydrogen-bond acceptors (Lipinski definition) is 3. The molecule has 0 aromatic carbocycles. The molecule has 0 rings (SSSR count). The lowest BCUT2D eigenvalue weighted by Crippen LogP contribution is -2.36. The summed E-state index contributed by atoms with van der Waals surface area (Å²) in [5.74, 6) is 0. The summed E-state index contributed by atoms with van der Waals surface area (Å²) in [6.45, 7) is 4.62. The SMILES string of the molecule is CC(C)S(=O)(=O)N[C@@H](C)C#N. The van der Waals surface area contributed by atoms with Gasteiger partial charge in [-0.1, -0.05) is 0 Å². The van der Waals surface area contributed by atoms with Gasteiger partial charge < -0.3 is 0 Å². The Morgan fingerprint density at radius 2 is 1.82 bits per heavy atom. The fourth-order valence-corrected chi connectivity index (χ4v) is 1.23. The average molecular weight is 176 g/mol. The highest BCUT2D eigenvalue weighted by Crippen LogP contribution is 1.96. The van der Waals surface area contributed by atoms with Crippen molar-refractivity contribution in [1.29, 1.82) is 5.26 Å². The average Bonchev–Trinajstić information content (AvgIpc) is 1.86. The molecule has 0 aliphatic carbocycles. The molecule has 0 aromatic heterocycles. The van der Waals surface area contributed by atoms with Crippen LogP contribution in [0.2, 0.25) is 0 Å². The molecule has 0 fully saturated rings. The van der Waals surface area contributed by atoms with Gasteiger partial charge in [0.05, 0.1) is 11.3 Å². The minimum absolute atomic E-state index is 0.488. The van der Waals surface area contributed by atoms with E-state index in [1.807, 2.05) is 0 Å². The molecule has 1 N–H and O–H groups in total. The van der Waals surface area contributed by atoms with Gasteiger partial charge in [-0.15, -0.1) is 0 Å².